The molecule has 0 amide bonds. The van der Waals surface area contributed by atoms with Gasteiger partial charge in [0.15, 0.2) is 0 Å². The number of hydrogen-bond acceptors (Lipinski definition) is 3. The number of nitrogens with one attached hydrogen (secondary N) is 1. The van der Waals surface area contributed by atoms with E-state index in [1.54, 1.807) is 6.33 Å². The van der Waals surface area contributed by atoms with E-state index >= 15 is 0 Å². The zero-order valence-electron chi connectivity index (χ0n) is 8.20. The number of aliphatic hydroxyl groups excluding tert-OH is 1. The molecule has 1 rings (SSSR count). The molecule has 1 aromatic rings. The zero-order chi connectivity index (χ0) is 9.68. The van der Waals surface area contributed by atoms with Gasteiger partial charge in [-0.3, -0.25) is 0 Å². The standard InChI is InChI=1S/C9H17N3O/c1-3-8(6-13)11-5-9-4-10-7-12(9)2/h4,7-8,11,13H,3,5-6H2,1-2H3/t8-/m1/s1. The Bertz CT molecular complexity index is 243. The molecule has 0 aromatic carbocycles. The molecule has 0 radical (unpaired) electrons. The lowest BCUT2D eigenvalue weighted by Crippen LogP contribution is -2.31. The van der Waals surface area contributed by atoms with Gasteiger partial charge in [0, 0.05) is 25.8 Å². The van der Waals surface area contributed by atoms with Crippen molar-refractivity contribution in [3.05, 3.63) is 18.2 Å². The number of nitrogens with zero attached hydrogens (tertiary/aromatic N) is 2. The summed E-state index contributed by atoms with van der Waals surface area (Å²) in [6.07, 6.45) is 4.54. The fourth-order valence-electron chi connectivity index (χ4n) is 1.14. The Hall–Kier alpha value is -0.870. The second-order valence-corrected chi connectivity index (χ2v) is 3.16. The average molecular weight is 183 g/mol. The van der Waals surface area contributed by atoms with Gasteiger partial charge in [-0.2, -0.15) is 0 Å². The van der Waals surface area contributed by atoms with Crippen molar-refractivity contribution in [2.45, 2.75) is 25.9 Å². The molecule has 1 heterocycles. The summed E-state index contributed by atoms with van der Waals surface area (Å²) in [5.41, 5.74) is 1.13. The summed E-state index contributed by atoms with van der Waals surface area (Å²) in [5, 5.41) is 12.2. The predicted molar refractivity (Wildman–Crippen MR) is 51.2 cm³/mol. The van der Waals surface area contributed by atoms with E-state index in [4.69, 9.17) is 5.11 Å². The maximum absolute atomic E-state index is 8.94. The van der Waals surface area contributed by atoms with E-state index < -0.39 is 0 Å². The van der Waals surface area contributed by atoms with Crippen molar-refractivity contribution in [1.29, 1.82) is 0 Å². The van der Waals surface area contributed by atoms with Crippen LogP contribution in [-0.2, 0) is 13.6 Å². The highest BCUT2D eigenvalue weighted by Gasteiger charge is 2.04. The van der Waals surface area contributed by atoms with E-state index in [1.165, 1.54) is 0 Å². The normalized spacial score (nSPS) is 13.2. The van der Waals surface area contributed by atoms with Crippen LogP contribution in [0.3, 0.4) is 0 Å². The third-order valence-electron chi connectivity index (χ3n) is 2.20. The molecule has 4 heteroatoms. The SMILES string of the molecule is CC[C@H](CO)NCc1cncn1C. The largest absolute Gasteiger partial charge is 0.395 e. The Morgan fingerprint density at radius 3 is 2.92 bits per heavy atom. The fourth-order valence-corrected chi connectivity index (χ4v) is 1.14. The first-order valence-corrected chi connectivity index (χ1v) is 4.57. The first kappa shape index (κ1) is 10.2. The molecule has 0 aliphatic carbocycles. The number of aryl methyl sites for hydroxylation is 1. The number of rotatable bonds is 5. The molecule has 0 saturated heterocycles. The number of aliphatic hydroxyl groups is 1. The van der Waals surface area contributed by atoms with Crippen LogP contribution in [0.15, 0.2) is 12.5 Å². The monoisotopic (exact) mass is 183 g/mol. The summed E-state index contributed by atoms with van der Waals surface area (Å²) in [7, 11) is 1.96. The van der Waals surface area contributed by atoms with Crippen molar-refractivity contribution in [1.82, 2.24) is 14.9 Å². The lowest BCUT2D eigenvalue weighted by Gasteiger charge is -2.13. The van der Waals surface area contributed by atoms with E-state index in [9.17, 15) is 0 Å². The van der Waals surface area contributed by atoms with Crippen LogP contribution in [0.25, 0.3) is 0 Å². The van der Waals surface area contributed by atoms with Crippen LogP contribution in [-0.4, -0.2) is 27.3 Å². The Labute approximate surface area is 78.6 Å². The molecular weight excluding hydrogens is 166 g/mol. The molecule has 0 spiro atoms. The van der Waals surface area contributed by atoms with Crippen LogP contribution in [0.5, 0.6) is 0 Å². The maximum atomic E-state index is 8.94. The van der Waals surface area contributed by atoms with Gasteiger partial charge in [-0.25, -0.2) is 4.98 Å². The van der Waals surface area contributed by atoms with Crippen molar-refractivity contribution in [3.8, 4) is 0 Å². The minimum absolute atomic E-state index is 0.189. The highest BCUT2D eigenvalue weighted by molar-refractivity contribution is 4.97. The number of aromatic nitrogens is 2. The molecule has 2 N–H and O–H groups in total. The predicted octanol–water partition coefficient (Wildman–Crippen LogP) is 0.281. The Morgan fingerprint density at radius 1 is 1.69 bits per heavy atom. The first-order chi connectivity index (χ1) is 6.27. The Kier molecular flexibility index (Phi) is 3.92. The van der Waals surface area contributed by atoms with Gasteiger partial charge < -0.3 is 15.0 Å². The minimum atomic E-state index is 0.189. The molecule has 0 aliphatic rings. The van der Waals surface area contributed by atoms with Crippen LogP contribution in [0.1, 0.15) is 19.0 Å². The maximum Gasteiger partial charge on any atom is 0.0945 e. The van der Waals surface area contributed by atoms with Crippen molar-refractivity contribution < 1.29 is 5.11 Å². The van der Waals surface area contributed by atoms with Gasteiger partial charge in [-0.15, -0.1) is 0 Å². The second-order valence-electron chi connectivity index (χ2n) is 3.16. The highest BCUT2D eigenvalue weighted by Crippen LogP contribution is 1.97. The topological polar surface area (TPSA) is 50.1 Å². The average Bonchev–Trinajstić information content (AvgIpc) is 2.54. The van der Waals surface area contributed by atoms with Crippen LogP contribution in [0, 0.1) is 0 Å². The van der Waals surface area contributed by atoms with Gasteiger partial charge in [0.2, 0.25) is 0 Å². The number of hydrogen-bond donors (Lipinski definition) is 2. The molecule has 1 atom stereocenters. The summed E-state index contributed by atoms with van der Waals surface area (Å²) in [6, 6.07) is 0.190. The molecule has 0 saturated carbocycles. The van der Waals surface area contributed by atoms with E-state index in [2.05, 4.69) is 17.2 Å². The highest BCUT2D eigenvalue weighted by atomic mass is 16.3. The minimum Gasteiger partial charge on any atom is -0.395 e. The van der Waals surface area contributed by atoms with Gasteiger partial charge in [0.05, 0.1) is 18.6 Å². The molecule has 0 bridgehead atoms. The van der Waals surface area contributed by atoms with Gasteiger partial charge in [0.1, 0.15) is 0 Å². The van der Waals surface area contributed by atoms with E-state index in [-0.39, 0.29) is 12.6 Å². The summed E-state index contributed by atoms with van der Waals surface area (Å²) >= 11 is 0. The number of imidazole rings is 1. The molecule has 0 unspecified atom stereocenters. The van der Waals surface area contributed by atoms with E-state index in [0.717, 1.165) is 18.7 Å². The Morgan fingerprint density at radius 2 is 2.46 bits per heavy atom. The third-order valence-corrected chi connectivity index (χ3v) is 2.20. The Balaban J connectivity index is 2.38. The van der Waals surface area contributed by atoms with Gasteiger partial charge >= 0.3 is 0 Å². The molecule has 1 aromatic heterocycles. The third kappa shape index (κ3) is 2.82. The van der Waals surface area contributed by atoms with Crippen molar-refractivity contribution in [2.24, 2.45) is 7.05 Å². The summed E-state index contributed by atoms with van der Waals surface area (Å²) in [4.78, 5) is 4.01. The lowest BCUT2D eigenvalue weighted by atomic mass is 10.2. The van der Waals surface area contributed by atoms with Crippen molar-refractivity contribution in [3.63, 3.8) is 0 Å². The molecule has 0 fully saturated rings. The smallest absolute Gasteiger partial charge is 0.0945 e. The second kappa shape index (κ2) is 4.99. The molecule has 0 aliphatic heterocycles. The van der Waals surface area contributed by atoms with E-state index in [1.807, 2.05) is 17.8 Å². The fraction of sp³-hybridized carbons (Fsp3) is 0.667. The van der Waals surface area contributed by atoms with Crippen LogP contribution in [0.4, 0.5) is 0 Å². The molecule has 4 nitrogen and oxygen atoms in total. The van der Waals surface area contributed by atoms with E-state index in [0.29, 0.717) is 0 Å². The molecule has 74 valence electrons. The van der Waals surface area contributed by atoms with Crippen LogP contribution < -0.4 is 5.32 Å². The van der Waals surface area contributed by atoms with Gasteiger partial charge in [-0.05, 0) is 6.42 Å². The summed E-state index contributed by atoms with van der Waals surface area (Å²) < 4.78 is 1.97. The van der Waals surface area contributed by atoms with Crippen molar-refractivity contribution >= 4 is 0 Å². The van der Waals surface area contributed by atoms with Gasteiger partial charge in [-0.1, -0.05) is 6.92 Å². The van der Waals surface area contributed by atoms with Gasteiger partial charge in [0.25, 0.3) is 0 Å². The van der Waals surface area contributed by atoms with Crippen molar-refractivity contribution in [2.75, 3.05) is 6.61 Å². The van der Waals surface area contributed by atoms with Crippen LogP contribution in [0.2, 0.25) is 0 Å². The molecular formula is C9H17N3O. The quantitative estimate of drug-likeness (QED) is 0.689. The van der Waals surface area contributed by atoms with Crippen LogP contribution >= 0.6 is 0 Å². The first-order valence-electron chi connectivity index (χ1n) is 4.57. The lowest BCUT2D eigenvalue weighted by molar-refractivity contribution is 0.237. The zero-order valence-corrected chi connectivity index (χ0v) is 8.20. The summed E-state index contributed by atoms with van der Waals surface area (Å²) in [6.45, 7) is 3.00. The summed E-state index contributed by atoms with van der Waals surface area (Å²) in [5.74, 6) is 0. The molecule has 13 heavy (non-hydrogen) atoms.